The molecule has 2 N–H and O–H groups in total. The Balaban J connectivity index is 1.68. The van der Waals surface area contributed by atoms with Crippen LogP contribution in [0.15, 0.2) is 6.33 Å². The van der Waals surface area contributed by atoms with Gasteiger partial charge in [-0.25, -0.2) is 14.8 Å². The summed E-state index contributed by atoms with van der Waals surface area (Å²) in [6, 6.07) is 0.141. The summed E-state index contributed by atoms with van der Waals surface area (Å²) in [5, 5.41) is 0.969. The van der Waals surface area contributed by atoms with Crippen molar-refractivity contribution in [1.29, 1.82) is 0 Å². The quantitative estimate of drug-likeness (QED) is 0.596. The number of primary amides is 1. The maximum Gasteiger partial charge on any atom is 0.410 e. The summed E-state index contributed by atoms with van der Waals surface area (Å²) < 4.78 is 11.9. The van der Waals surface area contributed by atoms with Crippen LogP contribution in [0.25, 0.3) is 10.2 Å². The fourth-order valence-electron chi connectivity index (χ4n) is 4.28. The van der Waals surface area contributed by atoms with Gasteiger partial charge in [0.25, 0.3) is 0 Å². The molecule has 2 heterocycles. The molecule has 33 heavy (non-hydrogen) atoms. The first-order valence-electron chi connectivity index (χ1n) is 11.7. The van der Waals surface area contributed by atoms with Crippen molar-refractivity contribution >= 4 is 33.6 Å². The highest BCUT2D eigenvalue weighted by Crippen LogP contribution is 2.37. The molecular formula is C24H36N4O4S. The molecule has 8 nitrogen and oxygen atoms in total. The molecular weight excluding hydrogens is 440 g/mol. The van der Waals surface area contributed by atoms with E-state index in [0.717, 1.165) is 48.7 Å². The number of aromatic nitrogens is 2. The van der Waals surface area contributed by atoms with Crippen LogP contribution < -0.4 is 10.5 Å². The van der Waals surface area contributed by atoms with Crippen LogP contribution in [0.1, 0.15) is 76.7 Å². The number of ether oxygens (including phenoxy) is 2. The fourth-order valence-corrected chi connectivity index (χ4v) is 5.40. The monoisotopic (exact) mass is 476 g/mol. The molecule has 2 amide bonds. The number of aryl methyl sites for hydroxylation is 2. The van der Waals surface area contributed by atoms with E-state index >= 15 is 0 Å². The first kappa shape index (κ1) is 25.2. The Kier molecular flexibility index (Phi) is 8.15. The van der Waals surface area contributed by atoms with Gasteiger partial charge >= 0.3 is 6.09 Å². The molecule has 0 radical (unpaired) electrons. The van der Waals surface area contributed by atoms with Crippen molar-refractivity contribution in [3.05, 3.63) is 16.8 Å². The average molecular weight is 477 g/mol. The van der Waals surface area contributed by atoms with E-state index in [2.05, 4.69) is 16.9 Å². The zero-order valence-electron chi connectivity index (χ0n) is 20.3. The van der Waals surface area contributed by atoms with E-state index in [1.807, 2.05) is 27.8 Å². The van der Waals surface area contributed by atoms with E-state index in [4.69, 9.17) is 15.2 Å². The topological polar surface area (TPSA) is 108 Å². The summed E-state index contributed by atoms with van der Waals surface area (Å²) in [6.45, 7) is 7.76. The van der Waals surface area contributed by atoms with E-state index in [0.29, 0.717) is 18.7 Å². The van der Waals surface area contributed by atoms with Crippen LogP contribution in [0.5, 0.6) is 5.88 Å². The summed E-state index contributed by atoms with van der Waals surface area (Å²) in [7, 11) is 1.81. The maximum absolute atomic E-state index is 12.4. The second kappa shape index (κ2) is 10.7. The van der Waals surface area contributed by atoms with Crippen molar-refractivity contribution in [2.45, 2.75) is 96.8 Å². The second-order valence-electron chi connectivity index (χ2n) is 9.68. The fraction of sp³-hybridized carbons (Fsp3) is 0.667. The molecule has 1 aliphatic carbocycles. The molecule has 1 aliphatic rings. The highest BCUT2D eigenvalue weighted by atomic mass is 32.1. The summed E-state index contributed by atoms with van der Waals surface area (Å²) in [5.41, 5.74) is 6.00. The first-order valence-corrected chi connectivity index (χ1v) is 12.6. The predicted molar refractivity (Wildman–Crippen MR) is 130 cm³/mol. The molecule has 9 heteroatoms. The Morgan fingerprint density at radius 3 is 2.52 bits per heavy atom. The third-order valence-electron chi connectivity index (χ3n) is 5.96. The van der Waals surface area contributed by atoms with Crippen molar-refractivity contribution < 1.29 is 19.1 Å². The molecule has 0 aromatic carbocycles. The van der Waals surface area contributed by atoms with Crippen LogP contribution in [0.3, 0.4) is 0 Å². The van der Waals surface area contributed by atoms with Gasteiger partial charge in [-0.05, 0) is 71.3 Å². The Morgan fingerprint density at radius 2 is 1.91 bits per heavy atom. The lowest BCUT2D eigenvalue weighted by atomic mass is 9.92. The largest absolute Gasteiger partial charge is 0.474 e. The highest BCUT2D eigenvalue weighted by molar-refractivity contribution is 7.18. The van der Waals surface area contributed by atoms with E-state index < -0.39 is 5.60 Å². The van der Waals surface area contributed by atoms with Crippen LogP contribution >= 0.6 is 11.3 Å². The molecule has 1 fully saturated rings. The SMILES string of the molecule is CCc1sc2ncnc(OC3CCC(N(C)C(=O)OC(C)(C)C)CC3)c2c1CCCC(N)=O. The molecule has 0 saturated heterocycles. The molecule has 0 unspecified atom stereocenters. The summed E-state index contributed by atoms with van der Waals surface area (Å²) in [6.07, 6.45) is 7.40. The second-order valence-corrected chi connectivity index (χ2v) is 10.8. The minimum atomic E-state index is -0.503. The van der Waals surface area contributed by atoms with Gasteiger partial charge in [-0.2, -0.15) is 0 Å². The van der Waals surface area contributed by atoms with Gasteiger partial charge in [0.15, 0.2) is 0 Å². The standard InChI is InChI=1S/C24H36N4O4S/c1-6-18-17(8-7-9-19(25)29)20-21(26-14-27-22(20)33-18)31-16-12-10-15(11-13-16)28(5)23(30)32-24(2,3)4/h14-16H,6-13H2,1-5H3,(H2,25,29). The number of rotatable bonds is 8. The lowest BCUT2D eigenvalue weighted by Gasteiger charge is -2.35. The number of nitrogens with two attached hydrogens (primary N) is 1. The van der Waals surface area contributed by atoms with Gasteiger partial charge in [0.1, 0.15) is 22.9 Å². The van der Waals surface area contributed by atoms with E-state index in [1.165, 1.54) is 10.4 Å². The average Bonchev–Trinajstić information content (AvgIpc) is 3.11. The smallest absolute Gasteiger partial charge is 0.410 e. The molecule has 0 spiro atoms. The van der Waals surface area contributed by atoms with Gasteiger partial charge in [0.2, 0.25) is 11.8 Å². The maximum atomic E-state index is 12.4. The van der Waals surface area contributed by atoms with Crippen LogP contribution in [-0.2, 0) is 22.4 Å². The number of thiophene rings is 1. The van der Waals surface area contributed by atoms with E-state index in [1.54, 1.807) is 22.6 Å². The van der Waals surface area contributed by atoms with Crippen LogP contribution in [0, 0.1) is 0 Å². The van der Waals surface area contributed by atoms with Crippen molar-refractivity contribution in [3.8, 4) is 5.88 Å². The lowest BCUT2D eigenvalue weighted by Crippen LogP contribution is -2.43. The van der Waals surface area contributed by atoms with Crippen molar-refractivity contribution in [2.24, 2.45) is 5.73 Å². The number of carbonyl (C=O) groups excluding carboxylic acids is 2. The molecule has 2 aromatic heterocycles. The van der Waals surface area contributed by atoms with Crippen molar-refractivity contribution in [2.75, 3.05) is 7.05 Å². The van der Waals surface area contributed by atoms with Gasteiger partial charge in [-0.1, -0.05) is 6.92 Å². The third-order valence-corrected chi connectivity index (χ3v) is 7.24. The Labute approximate surface area is 199 Å². The van der Waals surface area contributed by atoms with E-state index in [-0.39, 0.29) is 24.1 Å². The Morgan fingerprint density at radius 1 is 1.21 bits per heavy atom. The number of fused-ring (bicyclic) bond motifs is 1. The van der Waals surface area contributed by atoms with Gasteiger partial charge in [0.05, 0.1) is 5.39 Å². The van der Waals surface area contributed by atoms with E-state index in [9.17, 15) is 9.59 Å². The zero-order chi connectivity index (χ0) is 24.2. The predicted octanol–water partition coefficient (Wildman–Crippen LogP) is 4.62. The minimum Gasteiger partial charge on any atom is -0.474 e. The number of nitrogens with zero attached hydrogens (tertiary/aromatic N) is 3. The number of hydrogen-bond donors (Lipinski definition) is 1. The number of hydrogen-bond acceptors (Lipinski definition) is 7. The molecule has 0 bridgehead atoms. The molecule has 0 aliphatic heterocycles. The van der Waals surface area contributed by atoms with Gasteiger partial charge in [-0.15, -0.1) is 11.3 Å². The lowest BCUT2D eigenvalue weighted by molar-refractivity contribution is -0.118. The van der Waals surface area contributed by atoms with Gasteiger partial charge in [-0.3, -0.25) is 4.79 Å². The first-order chi connectivity index (χ1) is 15.6. The molecule has 2 aromatic rings. The summed E-state index contributed by atoms with van der Waals surface area (Å²) >= 11 is 1.67. The highest BCUT2D eigenvalue weighted by Gasteiger charge is 2.31. The molecule has 0 atom stereocenters. The van der Waals surface area contributed by atoms with Crippen LogP contribution in [0.4, 0.5) is 4.79 Å². The molecule has 3 rings (SSSR count). The minimum absolute atomic E-state index is 0.0369. The van der Waals surface area contributed by atoms with Crippen LogP contribution in [0.2, 0.25) is 0 Å². The van der Waals surface area contributed by atoms with Crippen LogP contribution in [-0.4, -0.2) is 51.7 Å². The summed E-state index contributed by atoms with van der Waals surface area (Å²) in [5.74, 6) is 0.336. The van der Waals surface area contributed by atoms with Crippen molar-refractivity contribution in [3.63, 3.8) is 0 Å². The molecule has 182 valence electrons. The van der Waals surface area contributed by atoms with Gasteiger partial charge < -0.3 is 20.1 Å². The third kappa shape index (κ3) is 6.56. The number of amides is 2. The Bertz CT molecular complexity index is 977. The molecule has 1 saturated carbocycles. The normalized spacial score (nSPS) is 18.8. The zero-order valence-corrected chi connectivity index (χ0v) is 21.2. The van der Waals surface area contributed by atoms with Gasteiger partial charge in [0, 0.05) is 24.4 Å². The number of carbonyl (C=O) groups is 2. The Hall–Kier alpha value is -2.42. The summed E-state index contributed by atoms with van der Waals surface area (Å²) in [4.78, 5) is 36.4. The van der Waals surface area contributed by atoms with Crippen molar-refractivity contribution in [1.82, 2.24) is 14.9 Å².